The van der Waals surface area contributed by atoms with Gasteiger partial charge in [0.05, 0.1) is 12.2 Å². The van der Waals surface area contributed by atoms with Gasteiger partial charge in [0.25, 0.3) is 0 Å². The van der Waals surface area contributed by atoms with E-state index in [0.717, 1.165) is 0 Å². The Morgan fingerprint density at radius 1 is 1.07 bits per heavy atom. The molecule has 1 aromatic carbocycles. The number of Topliss-reactive ketones (excluding diaryl/α,β-unsaturated/α-hetero) is 1. The monoisotopic (exact) mass is 376 g/mol. The number of carbonyl (C=O) groups is 3. The molecule has 0 amide bonds. The summed E-state index contributed by atoms with van der Waals surface area (Å²) in [5.41, 5.74) is -0.428. The molecule has 148 valence electrons. The van der Waals surface area contributed by atoms with Crippen LogP contribution in [0.2, 0.25) is 0 Å². The van der Waals surface area contributed by atoms with E-state index in [-0.39, 0.29) is 37.8 Å². The Bertz CT molecular complexity index is 621. The summed E-state index contributed by atoms with van der Waals surface area (Å²) in [5, 5.41) is 9.93. The van der Waals surface area contributed by atoms with Crippen LogP contribution in [0.15, 0.2) is 43.0 Å². The van der Waals surface area contributed by atoms with E-state index >= 15 is 0 Å². The van der Waals surface area contributed by atoms with Crippen molar-refractivity contribution in [3.8, 4) is 0 Å². The topological polar surface area (TPSA) is 89.9 Å². The summed E-state index contributed by atoms with van der Waals surface area (Å²) >= 11 is 0. The lowest BCUT2D eigenvalue weighted by Crippen LogP contribution is -2.25. The molecule has 0 aliphatic rings. The number of carbonyl (C=O) groups excluding carboxylic acids is 3. The van der Waals surface area contributed by atoms with Crippen molar-refractivity contribution in [1.82, 2.24) is 0 Å². The number of hydrogen-bond donors (Lipinski definition) is 1. The Labute approximate surface area is 160 Å². The summed E-state index contributed by atoms with van der Waals surface area (Å²) in [6.45, 7) is 5.09. The van der Waals surface area contributed by atoms with Crippen molar-refractivity contribution in [2.45, 2.75) is 51.0 Å². The highest BCUT2D eigenvalue weighted by atomic mass is 16.5. The lowest BCUT2D eigenvalue weighted by atomic mass is 9.99. The second kappa shape index (κ2) is 12.0. The molecule has 0 aromatic heterocycles. The summed E-state index contributed by atoms with van der Waals surface area (Å²) in [6.07, 6.45) is 3.69. The van der Waals surface area contributed by atoms with Gasteiger partial charge in [-0.2, -0.15) is 0 Å². The van der Waals surface area contributed by atoms with Crippen LogP contribution in [0.3, 0.4) is 0 Å². The number of hydrogen-bond acceptors (Lipinski definition) is 6. The molecule has 6 heteroatoms. The summed E-state index contributed by atoms with van der Waals surface area (Å²) in [5.74, 6) is -1.08. The van der Waals surface area contributed by atoms with Crippen LogP contribution in [0, 0.1) is 0 Å². The molecule has 0 bridgehead atoms. The predicted molar refractivity (Wildman–Crippen MR) is 101 cm³/mol. The van der Waals surface area contributed by atoms with Crippen LogP contribution in [0.4, 0.5) is 0 Å². The lowest BCUT2D eigenvalue weighted by Gasteiger charge is -2.20. The first kappa shape index (κ1) is 22.6. The first-order valence-corrected chi connectivity index (χ1v) is 9.07. The van der Waals surface area contributed by atoms with Crippen molar-refractivity contribution in [2.24, 2.45) is 0 Å². The molecule has 0 radical (unpaired) electrons. The van der Waals surface area contributed by atoms with Gasteiger partial charge in [-0.25, -0.2) is 0 Å². The van der Waals surface area contributed by atoms with Gasteiger partial charge in [0.1, 0.15) is 0 Å². The number of aliphatic hydroxyl groups is 1. The molecule has 0 heterocycles. The molecule has 1 N–H and O–H groups in total. The molecule has 27 heavy (non-hydrogen) atoms. The first-order chi connectivity index (χ1) is 12.8. The van der Waals surface area contributed by atoms with Crippen molar-refractivity contribution in [3.05, 3.63) is 48.6 Å². The van der Waals surface area contributed by atoms with E-state index in [1.807, 2.05) is 0 Å². The number of ketones is 1. The van der Waals surface area contributed by atoms with E-state index in [1.165, 1.54) is 0 Å². The predicted octanol–water partition coefficient (Wildman–Crippen LogP) is 3.23. The molecule has 0 aliphatic heterocycles. The van der Waals surface area contributed by atoms with E-state index < -0.39 is 11.6 Å². The van der Waals surface area contributed by atoms with Gasteiger partial charge >= 0.3 is 11.9 Å². The minimum atomic E-state index is -0.928. The Kier molecular flexibility index (Phi) is 10.0. The molecule has 1 atom stereocenters. The molecule has 0 saturated carbocycles. The van der Waals surface area contributed by atoms with Gasteiger partial charge in [-0.3, -0.25) is 14.4 Å². The fourth-order valence-corrected chi connectivity index (χ4v) is 2.33. The normalized spacial score (nSPS) is 12.7. The average Bonchev–Trinajstić information content (AvgIpc) is 2.63. The van der Waals surface area contributed by atoms with Crippen LogP contribution < -0.4 is 0 Å². The van der Waals surface area contributed by atoms with E-state index in [9.17, 15) is 19.5 Å². The van der Waals surface area contributed by atoms with Crippen molar-refractivity contribution < 1.29 is 29.0 Å². The maximum Gasteiger partial charge on any atom is 0.306 e. The number of ether oxygens (including phenoxy) is 2. The van der Waals surface area contributed by atoms with Crippen LogP contribution >= 0.6 is 0 Å². The van der Waals surface area contributed by atoms with Gasteiger partial charge < -0.3 is 14.6 Å². The van der Waals surface area contributed by atoms with Crippen LogP contribution in [-0.2, 0) is 19.1 Å². The van der Waals surface area contributed by atoms with E-state index in [0.29, 0.717) is 31.2 Å². The Morgan fingerprint density at radius 2 is 1.67 bits per heavy atom. The van der Waals surface area contributed by atoms with Gasteiger partial charge in [-0.05, 0) is 26.2 Å². The van der Waals surface area contributed by atoms with Crippen molar-refractivity contribution in [2.75, 3.05) is 13.2 Å². The summed E-state index contributed by atoms with van der Waals surface area (Å²) < 4.78 is 10.0. The van der Waals surface area contributed by atoms with Crippen molar-refractivity contribution in [3.63, 3.8) is 0 Å². The third kappa shape index (κ3) is 10.3. The van der Waals surface area contributed by atoms with Gasteiger partial charge in [0, 0.05) is 24.8 Å². The number of benzene rings is 1. The standard InChI is InChI=1S/C21H28O6/c1-3-13-21(2,25)14-15-26-19(23)11-7-8-12-20(24)27-16-18(22)17-9-5-4-6-10-17/h3-6,9-10,25H,1,7-8,11-16H2,2H3. The Balaban J connectivity index is 2.09. The second-order valence-corrected chi connectivity index (χ2v) is 6.62. The molecule has 0 aliphatic carbocycles. The second-order valence-electron chi connectivity index (χ2n) is 6.62. The summed E-state index contributed by atoms with van der Waals surface area (Å²) in [7, 11) is 0. The van der Waals surface area contributed by atoms with Crippen LogP contribution in [0.25, 0.3) is 0 Å². The molecule has 1 unspecified atom stereocenters. The van der Waals surface area contributed by atoms with Gasteiger partial charge in [-0.15, -0.1) is 6.58 Å². The van der Waals surface area contributed by atoms with Crippen molar-refractivity contribution in [1.29, 1.82) is 0 Å². The highest BCUT2D eigenvalue weighted by Crippen LogP contribution is 2.15. The summed E-state index contributed by atoms with van der Waals surface area (Å²) in [6, 6.07) is 8.62. The third-order valence-electron chi connectivity index (χ3n) is 3.96. The quantitative estimate of drug-likeness (QED) is 0.246. The Morgan fingerprint density at radius 3 is 2.26 bits per heavy atom. The molecule has 1 aromatic rings. The zero-order valence-electron chi connectivity index (χ0n) is 15.8. The smallest absolute Gasteiger partial charge is 0.306 e. The molecule has 1 rings (SSSR count). The van der Waals surface area contributed by atoms with Crippen molar-refractivity contribution >= 4 is 17.7 Å². The van der Waals surface area contributed by atoms with Crippen LogP contribution in [0.5, 0.6) is 0 Å². The number of esters is 2. The SMILES string of the molecule is C=CCC(C)(O)CCOC(=O)CCCCC(=O)OCC(=O)c1ccccc1. The van der Waals surface area contributed by atoms with Gasteiger partial charge in [-0.1, -0.05) is 36.4 Å². The zero-order chi connectivity index (χ0) is 20.1. The van der Waals surface area contributed by atoms with Crippen LogP contribution in [0.1, 0.15) is 55.8 Å². The Hall–Kier alpha value is -2.47. The molecule has 6 nitrogen and oxygen atoms in total. The van der Waals surface area contributed by atoms with Crippen LogP contribution in [-0.4, -0.2) is 41.6 Å². The van der Waals surface area contributed by atoms with Gasteiger partial charge in [0.2, 0.25) is 0 Å². The fourth-order valence-electron chi connectivity index (χ4n) is 2.33. The number of unbranched alkanes of at least 4 members (excludes halogenated alkanes) is 1. The third-order valence-corrected chi connectivity index (χ3v) is 3.96. The van der Waals surface area contributed by atoms with E-state index in [1.54, 1.807) is 43.3 Å². The highest BCUT2D eigenvalue weighted by molar-refractivity contribution is 5.97. The first-order valence-electron chi connectivity index (χ1n) is 9.07. The number of rotatable bonds is 13. The largest absolute Gasteiger partial charge is 0.466 e. The minimum Gasteiger partial charge on any atom is -0.466 e. The maximum absolute atomic E-state index is 11.8. The van der Waals surface area contributed by atoms with Gasteiger partial charge in [0.15, 0.2) is 12.4 Å². The minimum absolute atomic E-state index is 0.142. The maximum atomic E-state index is 11.8. The summed E-state index contributed by atoms with van der Waals surface area (Å²) in [4.78, 5) is 35.1. The lowest BCUT2D eigenvalue weighted by molar-refractivity contribution is -0.146. The molecule has 0 spiro atoms. The molecule has 0 saturated heterocycles. The average molecular weight is 376 g/mol. The van der Waals surface area contributed by atoms with E-state index in [4.69, 9.17) is 9.47 Å². The zero-order valence-corrected chi connectivity index (χ0v) is 15.8. The molecular weight excluding hydrogens is 348 g/mol. The fraction of sp³-hybridized carbons (Fsp3) is 0.476. The molecular formula is C21H28O6. The highest BCUT2D eigenvalue weighted by Gasteiger charge is 2.18. The van der Waals surface area contributed by atoms with E-state index in [2.05, 4.69) is 6.58 Å². The molecule has 0 fully saturated rings.